The normalized spacial score (nSPS) is 22.0. The Morgan fingerprint density at radius 2 is 1.77 bits per heavy atom. The molecule has 140 valence electrons. The van der Waals surface area contributed by atoms with Gasteiger partial charge < -0.3 is 9.80 Å². The van der Waals surface area contributed by atoms with Gasteiger partial charge in [0.15, 0.2) is 0 Å². The van der Waals surface area contributed by atoms with E-state index in [9.17, 15) is 9.59 Å². The average molecular weight is 355 g/mol. The Balaban J connectivity index is 1.43. The molecule has 2 saturated heterocycles. The number of benzene rings is 1. The van der Waals surface area contributed by atoms with Gasteiger partial charge in [0.2, 0.25) is 11.8 Å². The van der Waals surface area contributed by atoms with Gasteiger partial charge in [-0.1, -0.05) is 42.5 Å². The Hall–Kier alpha value is -2.14. The monoisotopic (exact) mass is 355 g/mol. The van der Waals surface area contributed by atoms with Gasteiger partial charge >= 0.3 is 0 Å². The lowest BCUT2D eigenvalue weighted by Crippen LogP contribution is -2.52. The van der Waals surface area contributed by atoms with E-state index in [0.717, 1.165) is 52.1 Å². The minimum atomic E-state index is -0.0165. The van der Waals surface area contributed by atoms with Crippen molar-refractivity contribution in [3.8, 4) is 0 Å². The molecular weight excluding hydrogens is 326 g/mol. The molecule has 2 heterocycles. The summed E-state index contributed by atoms with van der Waals surface area (Å²) in [5.74, 6) is 0.296. The smallest absolute Gasteiger partial charge is 0.227 e. The summed E-state index contributed by atoms with van der Waals surface area (Å²) in [7, 11) is 0. The molecule has 2 aliphatic heterocycles. The van der Waals surface area contributed by atoms with Crippen LogP contribution in [0.25, 0.3) is 6.08 Å². The number of piperidine rings is 1. The molecule has 0 N–H and O–H groups in total. The summed E-state index contributed by atoms with van der Waals surface area (Å²) < 4.78 is 0. The Labute approximate surface area is 156 Å². The highest BCUT2D eigenvalue weighted by Crippen LogP contribution is 2.20. The molecule has 0 aliphatic carbocycles. The maximum Gasteiger partial charge on any atom is 0.227 e. The van der Waals surface area contributed by atoms with Gasteiger partial charge in [-0.3, -0.25) is 14.5 Å². The summed E-state index contributed by atoms with van der Waals surface area (Å²) in [6.07, 6.45) is 6.18. The van der Waals surface area contributed by atoms with Gasteiger partial charge in [-0.05, 0) is 18.4 Å². The number of amides is 2. The van der Waals surface area contributed by atoms with E-state index in [-0.39, 0.29) is 17.7 Å². The summed E-state index contributed by atoms with van der Waals surface area (Å²) in [6.45, 7) is 7.28. The molecular formula is C21H29N3O2. The number of nitrogens with zero attached hydrogens (tertiary/aromatic N) is 3. The van der Waals surface area contributed by atoms with Crippen molar-refractivity contribution >= 4 is 17.9 Å². The van der Waals surface area contributed by atoms with Crippen molar-refractivity contribution in [2.45, 2.75) is 19.8 Å². The van der Waals surface area contributed by atoms with Crippen LogP contribution in [0.4, 0.5) is 0 Å². The maximum absolute atomic E-state index is 12.8. The summed E-state index contributed by atoms with van der Waals surface area (Å²) in [5.41, 5.74) is 1.22. The van der Waals surface area contributed by atoms with E-state index in [2.05, 4.69) is 29.2 Å². The molecule has 0 radical (unpaired) electrons. The van der Waals surface area contributed by atoms with Crippen LogP contribution in [0.3, 0.4) is 0 Å². The molecule has 26 heavy (non-hydrogen) atoms. The van der Waals surface area contributed by atoms with Crippen LogP contribution in [0.2, 0.25) is 0 Å². The van der Waals surface area contributed by atoms with Gasteiger partial charge in [0, 0.05) is 52.7 Å². The first-order valence-corrected chi connectivity index (χ1v) is 9.62. The highest BCUT2D eigenvalue weighted by atomic mass is 16.2. The van der Waals surface area contributed by atoms with Crippen molar-refractivity contribution in [2.75, 3.05) is 45.8 Å². The van der Waals surface area contributed by atoms with Gasteiger partial charge in [0.25, 0.3) is 0 Å². The zero-order chi connectivity index (χ0) is 18.4. The van der Waals surface area contributed by atoms with Crippen LogP contribution in [0.5, 0.6) is 0 Å². The van der Waals surface area contributed by atoms with E-state index in [4.69, 9.17) is 0 Å². The van der Waals surface area contributed by atoms with Crippen LogP contribution in [0.15, 0.2) is 36.4 Å². The van der Waals surface area contributed by atoms with Gasteiger partial charge in [-0.15, -0.1) is 0 Å². The summed E-state index contributed by atoms with van der Waals surface area (Å²) in [4.78, 5) is 30.5. The molecule has 1 aromatic carbocycles. The Morgan fingerprint density at radius 1 is 1.04 bits per heavy atom. The van der Waals surface area contributed by atoms with Gasteiger partial charge in [0.1, 0.15) is 0 Å². The van der Waals surface area contributed by atoms with Crippen molar-refractivity contribution in [1.82, 2.24) is 14.7 Å². The topological polar surface area (TPSA) is 43.9 Å². The van der Waals surface area contributed by atoms with Crippen molar-refractivity contribution in [1.29, 1.82) is 0 Å². The highest BCUT2D eigenvalue weighted by Gasteiger charge is 2.31. The van der Waals surface area contributed by atoms with E-state index in [1.54, 1.807) is 6.92 Å². The predicted octanol–water partition coefficient (Wildman–Crippen LogP) is 2.10. The van der Waals surface area contributed by atoms with Crippen molar-refractivity contribution in [2.24, 2.45) is 5.92 Å². The fourth-order valence-electron chi connectivity index (χ4n) is 3.78. The number of rotatable bonds is 4. The van der Waals surface area contributed by atoms with E-state index in [1.165, 1.54) is 5.56 Å². The van der Waals surface area contributed by atoms with Crippen molar-refractivity contribution < 1.29 is 9.59 Å². The number of piperazine rings is 1. The predicted molar refractivity (Wildman–Crippen MR) is 103 cm³/mol. The van der Waals surface area contributed by atoms with E-state index in [0.29, 0.717) is 6.54 Å². The largest absolute Gasteiger partial charge is 0.342 e. The molecule has 1 aromatic rings. The number of carbonyl (C=O) groups excluding carboxylic acids is 2. The zero-order valence-electron chi connectivity index (χ0n) is 15.6. The Kier molecular flexibility index (Phi) is 6.45. The van der Waals surface area contributed by atoms with Gasteiger partial charge in [-0.2, -0.15) is 0 Å². The summed E-state index contributed by atoms with van der Waals surface area (Å²) in [6, 6.07) is 10.3. The van der Waals surface area contributed by atoms with Crippen LogP contribution in [-0.4, -0.2) is 72.3 Å². The zero-order valence-corrected chi connectivity index (χ0v) is 15.6. The van der Waals surface area contributed by atoms with Crippen LogP contribution in [-0.2, 0) is 9.59 Å². The number of hydrogen-bond donors (Lipinski definition) is 0. The third-order valence-electron chi connectivity index (χ3n) is 5.37. The molecule has 0 spiro atoms. The van der Waals surface area contributed by atoms with Gasteiger partial charge in [-0.25, -0.2) is 0 Å². The lowest BCUT2D eigenvalue weighted by Gasteiger charge is -2.38. The summed E-state index contributed by atoms with van der Waals surface area (Å²) >= 11 is 0. The lowest BCUT2D eigenvalue weighted by atomic mass is 9.96. The number of carbonyl (C=O) groups is 2. The van der Waals surface area contributed by atoms with Gasteiger partial charge in [0.05, 0.1) is 5.92 Å². The quantitative estimate of drug-likeness (QED) is 0.831. The second kappa shape index (κ2) is 8.99. The van der Waals surface area contributed by atoms with Crippen LogP contribution < -0.4 is 0 Å². The third-order valence-corrected chi connectivity index (χ3v) is 5.37. The molecule has 5 heteroatoms. The maximum atomic E-state index is 12.8. The first-order chi connectivity index (χ1) is 12.6. The minimum Gasteiger partial charge on any atom is -0.342 e. The van der Waals surface area contributed by atoms with E-state index in [1.807, 2.05) is 28.0 Å². The second-order valence-corrected chi connectivity index (χ2v) is 7.24. The van der Waals surface area contributed by atoms with Crippen LogP contribution in [0, 0.1) is 5.92 Å². The van der Waals surface area contributed by atoms with Crippen LogP contribution >= 0.6 is 0 Å². The van der Waals surface area contributed by atoms with Crippen molar-refractivity contribution in [3.05, 3.63) is 42.0 Å². The molecule has 2 aliphatic rings. The average Bonchev–Trinajstić information content (AvgIpc) is 2.69. The SMILES string of the molecule is CC(=O)N1CCCC(C(=O)N2CCN(C/C=C/c3ccccc3)CC2)C1. The number of likely N-dealkylation sites (tertiary alicyclic amines) is 1. The molecule has 0 aromatic heterocycles. The molecule has 0 saturated carbocycles. The highest BCUT2D eigenvalue weighted by molar-refractivity contribution is 5.81. The Bertz CT molecular complexity index is 636. The van der Waals surface area contributed by atoms with Crippen molar-refractivity contribution in [3.63, 3.8) is 0 Å². The molecule has 2 fully saturated rings. The molecule has 0 bridgehead atoms. The molecule has 5 nitrogen and oxygen atoms in total. The first-order valence-electron chi connectivity index (χ1n) is 9.62. The summed E-state index contributed by atoms with van der Waals surface area (Å²) in [5, 5.41) is 0. The minimum absolute atomic E-state index is 0.0165. The molecule has 3 rings (SSSR count). The van der Waals surface area contributed by atoms with Crippen LogP contribution in [0.1, 0.15) is 25.3 Å². The Morgan fingerprint density at radius 3 is 2.46 bits per heavy atom. The van der Waals surface area contributed by atoms with E-state index < -0.39 is 0 Å². The molecule has 2 amide bonds. The fraction of sp³-hybridized carbons (Fsp3) is 0.524. The lowest BCUT2D eigenvalue weighted by molar-refractivity contribution is -0.141. The standard InChI is InChI=1S/C21H29N3O2/c1-18(25)24-12-6-10-20(17-24)21(26)23-15-13-22(14-16-23)11-5-9-19-7-3-2-4-8-19/h2-5,7-9,20H,6,10-17H2,1H3/b9-5+. The third kappa shape index (κ3) is 4.94. The molecule has 1 atom stereocenters. The number of hydrogen-bond acceptors (Lipinski definition) is 3. The molecule has 1 unspecified atom stereocenters. The second-order valence-electron chi connectivity index (χ2n) is 7.24. The van der Waals surface area contributed by atoms with E-state index >= 15 is 0 Å². The first kappa shape index (κ1) is 18.6. The fourth-order valence-corrected chi connectivity index (χ4v) is 3.78.